The Morgan fingerprint density at radius 2 is 1.97 bits per heavy atom. The number of nitrogens with one attached hydrogen (secondary N) is 1. The molecule has 0 unspecified atom stereocenters. The number of amides is 1. The number of carbonyl (C=O) groups is 1. The second kappa shape index (κ2) is 8.95. The lowest BCUT2D eigenvalue weighted by Crippen LogP contribution is -2.37. The quantitative estimate of drug-likeness (QED) is 0.317. The summed E-state index contributed by atoms with van der Waals surface area (Å²) in [6.07, 6.45) is 0. The van der Waals surface area contributed by atoms with E-state index in [1.807, 2.05) is 29.6 Å². The van der Waals surface area contributed by atoms with E-state index in [0.717, 1.165) is 26.8 Å². The molecule has 4 aromatic rings. The summed E-state index contributed by atoms with van der Waals surface area (Å²) >= 11 is 2.58. The molecule has 5 rings (SSSR count). The Hall–Kier alpha value is -3.64. The maximum atomic E-state index is 12.9. The molecule has 12 heteroatoms. The van der Waals surface area contributed by atoms with E-state index in [1.165, 1.54) is 23.0 Å². The van der Waals surface area contributed by atoms with Gasteiger partial charge in [0.05, 0.1) is 10.6 Å². The Balaban J connectivity index is 1.40. The lowest BCUT2D eigenvalue weighted by molar-refractivity contribution is -0.118. The average molecular weight is 498 g/mol. The molecule has 10 nitrogen and oxygen atoms in total. The average Bonchev–Trinajstić information content (AvgIpc) is 3.55. The van der Waals surface area contributed by atoms with Gasteiger partial charge in [-0.2, -0.15) is 0 Å². The second-order valence-electron chi connectivity index (χ2n) is 7.49. The van der Waals surface area contributed by atoms with Crippen molar-refractivity contribution in [1.29, 1.82) is 0 Å². The van der Waals surface area contributed by atoms with Crippen molar-refractivity contribution in [3.63, 3.8) is 0 Å². The van der Waals surface area contributed by atoms with Crippen LogP contribution in [0.3, 0.4) is 0 Å². The van der Waals surface area contributed by atoms with Crippen molar-refractivity contribution in [2.75, 3.05) is 12.5 Å². The predicted molar refractivity (Wildman–Crippen MR) is 128 cm³/mol. The Morgan fingerprint density at radius 3 is 2.76 bits per heavy atom. The van der Waals surface area contributed by atoms with Crippen LogP contribution in [-0.2, 0) is 25.4 Å². The SMILES string of the molecule is Cn1c(=O)c2c(SCC(=O)NCc3ccc4c(c3)OCO4)nc(-c3cccs3)nc2n(C)c1=O. The molecule has 1 aliphatic heterocycles. The Morgan fingerprint density at radius 1 is 1.15 bits per heavy atom. The number of rotatable bonds is 6. The summed E-state index contributed by atoms with van der Waals surface area (Å²) < 4.78 is 13.0. The zero-order chi connectivity index (χ0) is 23.8. The third-order valence-corrected chi connectivity index (χ3v) is 7.12. The first-order valence-corrected chi connectivity index (χ1v) is 12.1. The standard InChI is InChI=1S/C22H19N5O5S2/c1-26-19-17(21(29)27(2)22(26)30)20(25-18(24-19)15-4-3-7-33-15)34-10-16(28)23-9-12-5-6-13-14(8-12)32-11-31-13/h3-8H,9-11H2,1-2H3,(H,23,28). The molecule has 3 aromatic heterocycles. The number of thioether (sulfide) groups is 1. The van der Waals surface area contributed by atoms with Gasteiger partial charge in [-0.3, -0.25) is 18.7 Å². The van der Waals surface area contributed by atoms with Crippen molar-refractivity contribution in [3.05, 3.63) is 62.1 Å². The molecule has 174 valence electrons. The highest BCUT2D eigenvalue weighted by atomic mass is 32.2. The summed E-state index contributed by atoms with van der Waals surface area (Å²) in [5.41, 5.74) is 0.124. The van der Waals surface area contributed by atoms with Crippen LogP contribution in [0.4, 0.5) is 0 Å². The summed E-state index contributed by atoms with van der Waals surface area (Å²) in [4.78, 5) is 47.8. The largest absolute Gasteiger partial charge is 0.454 e. The van der Waals surface area contributed by atoms with Crippen LogP contribution in [0.25, 0.3) is 21.7 Å². The molecule has 4 heterocycles. The predicted octanol–water partition coefficient (Wildman–Crippen LogP) is 1.89. The number of nitrogens with zero attached hydrogens (tertiary/aromatic N) is 4. The summed E-state index contributed by atoms with van der Waals surface area (Å²) in [6.45, 7) is 0.504. The first kappa shape index (κ1) is 22.2. The van der Waals surface area contributed by atoms with Crippen molar-refractivity contribution >= 4 is 40.0 Å². The molecule has 0 aliphatic carbocycles. The first-order chi connectivity index (χ1) is 16.4. The van der Waals surface area contributed by atoms with Crippen LogP contribution in [0.15, 0.2) is 50.3 Å². The van der Waals surface area contributed by atoms with Crippen molar-refractivity contribution < 1.29 is 14.3 Å². The highest BCUT2D eigenvalue weighted by Gasteiger charge is 2.19. The number of hydrogen-bond acceptors (Lipinski definition) is 9. The summed E-state index contributed by atoms with van der Waals surface area (Å²) in [5, 5.41) is 5.31. The van der Waals surface area contributed by atoms with E-state index in [4.69, 9.17) is 9.47 Å². The van der Waals surface area contributed by atoms with Gasteiger partial charge in [0.1, 0.15) is 10.4 Å². The maximum absolute atomic E-state index is 12.9. The second-order valence-corrected chi connectivity index (χ2v) is 9.40. The van der Waals surface area contributed by atoms with Crippen LogP contribution < -0.4 is 26.0 Å². The highest BCUT2D eigenvalue weighted by Crippen LogP contribution is 2.32. The van der Waals surface area contributed by atoms with Gasteiger partial charge < -0.3 is 14.8 Å². The van der Waals surface area contributed by atoms with Gasteiger partial charge >= 0.3 is 5.69 Å². The van der Waals surface area contributed by atoms with Crippen molar-refractivity contribution in [1.82, 2.24) is 24.4 Å². The molecular formula is C22H19N5O5S2. The molecular weight excluding hydrogens is 478 g/mol. The third-order valence-electron chi connectivity index (χ3n) is 5.27. The van der Waals surface area contributed by atoms with E-state index in [-0.39, 0.29) is 29.5 Å². The lowest BCUT2D eigenvalue weighted by Gasteiger charge is -2.11. The fraction of sp³-hybridized carbons (Fsp3) is 0.227. The molecule has 0 bridgehead atoms. The molecule has 0 fully saturated rings. The number of hydrogen-bond donors (Lipinski definition) is 1. The Bertz CT molecular complexity index is 1530. The van der Waals surface area contributed by atoms with Crippen LogP contribution >= 0.6 is 23.1 Å². The number of benzene rings is 1. The minimum Gasteiger partial charge on any atom is -0.454 e. The monoisotopic (exact) mass is 497 g/mol. The summed E-state index contributed by atoms with van der Waals surface area (Å²) in [7, 11) is 2.96. The molecule has 0 saturated heterocycles. The topological polar surface area (TPSA) is 117 Å². The van der Waals surface area contributed by atoms with Crippen LogP contribution in [0.2, 0.25) is 0 Å². The molecule has 0 saturated carbocycles. The smallest absolute Gasteiger partial charge is 0.332 e. The Kier molecular flexibility index (Phi) is 5.84. The molecule has 0 atom stereocenters. The zero-order valence-electron chi connectivity index (χ0n) is 18.2. The fourth-order valence-corrected chi connectivity index (χ4v) is 4.99. The number of fused-ring (bicyclic) bond motifs is 2. The van der Waals surface area contributed by atoms with Gasteiger partial charge in [-0.25, -0.2) is 14.8 Å². The summed E-state index contributed by atoms with van der Waals surface area (Å²) in [5.74, 6) is 1.53. The van der Waals surface area contributed by atoms with Crippen LogP contribution in [0.1, 0.15) is 5.56 Å². The normalized spacial score (nSPS) is 12.3. The number of thiophene rings is 1. The number of aromatic nitrogens is 4. The Labute approximate surface area is 201 Å². The molecule has 0 radical (unpaired) electrons. The van der Waals surface area contributed by atoms with Crippen LogP contribution in [0.5, 0.6) is 11.5 Å². The summed E-state index contributed by atoms with van der Waals surface area (Å²) in [6, 6.07) is 9.21. The van der Waals surface area contributed by atoms with Crippen LogP contribution in [-0.4, -0.2) is 37.6 Å². The van der Waals surface area contributed by atoms with Crippen molar-refractivity contribution in [3.8, 4) is 22.2 Å². The van der Waals surface area contributed by atoms with E-state index in [2.05, 4.69) is 15.3 Å². The van der Waals surface area contributed by atoms with Gasteiger partial charge in [0.15, 0.2) is 23.0 Å². The molecule has 1 aliphatic rings. The third kappa shape index (κ3) is 4.05. The molecule has 1 N–H and O–H groups in total. The van der Waals surface area contributed by atoms with Gasteiger partial charge in [0.25, 0.3) is 5.56 Å². The van der Waals surface area contributed by atoms with Crippen molar-refractivity contribution in [2.24, 2.45) is 14.1 Å². The van der Waals surface area contributed by atoms with E-state index < -0.39 is 11.2 Å². The zero-order valence-corrected chi connectivity index (χ0v) is 19.9. The highest BCUT2D eigenvalue weighted by molar-refractivity contribution is 8.00. The maximum Gasteiger partial charge on any atom is 0.332 e. The number of carbonyl (C=O) groups excluding carboxylic acids is 1. The van der Waals surface area contributed by atoms with Gasteiger partial charge in [-0.05, 0) is 29.1 Å². The van der Waals surface area contributed by atoms with Gasteiger partial charge in [0, 0.05) is 20.6 Å². The van der Waals surface area contributed by atoms with E-state index in [9.17, 15) is 14.4 Å². The minimum absolute atomic E-state index is 0.0343. The van der Waals surface area contributed by atoms with E-state index in [0.29, 0.717) is 28.9 Å². The van der Waals surface area contributed by atoms with E-state index in [1.54, 1.807) is 13.1 Å². The number of ether oxygens (including phenoxy) is 2. The first-order valence-electron chi connectivity index (χ1n) is 10.2. The minimum atomic E-state index is -0.501. The number of aryl methyl sites for hydroxylation is 1. The van der Waals surface area contributed by atoms with Gasteiger partial charge in [0.2, 0.25) is 12.7 Å². The molecule has 0 spiro atoms. The molecule has 34 heavy (non-hydrogen) atoms. The van der Waals surface area contributed by atoms with E-state index >= 15 is 0 Å². The molecule has 1 amide bonds. The van der Waals surface area contributed by atoms with Crippen LogP contribution in [0, 0.1) is 0 Å². The van der Waals surface area contributed by atoms with Gasteiger partial charge in [-0.1, -0.05) is 23.9 Å². The fourth-order valence-electron chi connectivity index (χ4n) is 3.49. The van der Waals surface area contributed by atoms with Crippen molar-refractivity contribution in [2.45, 2.75) is 11.6 Å². The lowest BCUT2D eigenvalue weighted by atomic mass is 10.2. The van der Waals surface area contributed by atoms with Gasteiger partial charge in [-0.15, -0.1) is 11.3 Å². The molecule has 1 aromatic carbocycles.